The van der Waals surface area contributed by atoms with E-state index >= 15 is 0 Å². The average molecular weight is 194 g/mol. The van der Waals surface area contributed by atoms with E-state index in [0.717, 1.165) is 29.9 Å². The first-order valence-corrected chi connectivity index (χ1v) is 4.80. The van der Waals surface area contributed by atoms with Crippen LogP contribution in [0.2, 0.25) is 0 Å². The molecule has 0 unspecified atom stereocenters. The molecule has 1 atom stereocenters. The molecule has 0 radical (unpaired) electrons. The van der Waals surface area contributed by atoms with Crippen LogP contribution in [-0.2, 0) is 0 Å². The molecule has 0 fully saturated rings. The van der Waals surface area contributed by atoms with Crippen LogP contribution in [0.3, 0.4) is 0 Å². The van der Waals surface area contributed by atoms with E-state index in [9.17, 15) is 5.11 Å². The molecule has 0 spiro atoms. The van der Waals surface area contributed by atoms with Gasteiger partial charge in [-0.15, -0.1) is 0 Å². The maximum Gasteiger partial charge on any atom is 0.125 e. The number of methoxy groups -OCH3 is 1. The summed E-state index contributed by atoms with van der Waals surface area (Å²) in [6, 6.07) is 5.53. The Labute approximate surface area is 83.3 Å². The van der Waals surface area contributed by atoms with Crippen molar-refractivity contribution in [2.75, 3.05) is 13.7 Å². The van der Waals surface area contributed by atoms with Crippen LogP contribution in [0.1, 0.15) is 24.5 Å². The fourth-order valence-electron chi connectivity index (χ4n) is 1.66. The zero-order chi connectivity index (χ0) is 9.97. The summed E-state index contributed by atoms with van der Waals surface area (Å²) in [4.78, 5) is 0. The van der Waals surface area contributed by atoms with Crippen LogP contribution in [0, 0.1) is 0 Å². The van der Waals surface area contributed by atoms with Crippen molar-refractivity contribution in [3.05, 3.63) is 23.8 Å². The van der Waals surface area contributed by atoms with Crippen LogP contribution in [0.4, 0.5) is 0 Å². The van der Waals surface area contributed by atoms with E-state index in [0.29, 0.717) is 6.61 Å². The van der Waals surface area contributed by atoms with Gasteiger partial charge in [-0.05, 0) is 31.0 Å². The minimum Gasteiger partial charge on any atom is -0.497 e. The third-order valence-corrected chi connectivity index (χ3v) is 2.46. The molecule has 76 valence electrons. The molecule has 0 aromatic heterocycles. The molecule has 3 nitrogen and oxygen atoms in total. The molecule has 14 heavy (non-hydrogen) atoms. The van der Waals surface area contributed by atoms with Crippen LogP contribution in [0.5, 0.6) is 11.5 Å². The Morgan fingerprint density at radius 3 is 3.14 bits per heavy atom. The van der Waals surface area contributed by atoms with Crippen molar-refractivity contribution in [3.63, 3.8) is 0 Å². The highest BCUT2D eigenvalue weighted by atomic mass is 16.5. The normalized spacial score (nSPS) is 20.6. The number of aliphatic hydroxyl groups is 1. The molecule has 0 bridgehead atoms. The quantitative estimate of drug-likeness (QED) is 0.742. The highest BCUT2D eigenvalue weighted by molar-refractivity contribution is 5.42. The number of fused-ring (bicyclic) bond motifs is 1. The van der Waals surface area contributed by atoms with Gasteiger partial charge in [0.05, 0.1) is 19.8 Å². The lowest BCUT2D eigenvalue weighted by Gasteiger charge is -2.11. The van der Waals surface area contributed by atoms with E-state index in [1.807, 2.05) is 18.2 Å². The van der Waals surface area contributed by atoms with Gasteiger partial charge in [0, 0.05) is 5.56 Å². The van der Waals surface area contributed by atoms with Crippen LogP contribution in [0.15, 0.2) is 18.2 Å². The highest BCUT2D eigenvalue weighted by Gasteiger charge is 2.17. The second-order valence-electron chi connectivity index (χ2n) is 3.41. The average Bonchev–Trinajstić information content (AvgIpc) is 2.40. The van der Waals surface area contributed by atoms with E-state index in [1.54, 1.807) is 7.11 Å². The molecular formula is C11H14O3. The van der Waals surface area contributed by atoms with Gasteiger partial charge in [0.2, 0.25) is 0 Å². The number of rotatable bonds is 1. The van der Waals surface area contributed by atoms with E-state index in [-0.39, 0.29) is 0 Å². The maximum absolute atomic E-state index is 9.83. The predicted octanol–water partition coefficient (Wildman–Crippen LogP) is 1.90. The monoisotopic (exact) mass is 194 g/mol. The lowest BCUT2D eigenvalue weighted by atomic mass is 10.0. The third kappa shape index (κ3) is 1.68. The third-order valence-electron chi connectivity index (χ3n) is 2.46. The summed E-state index contributed by atoms with van der Waals surface area (Å²) in [7, 11) is 1.62. The topological polar surface area (TPSA) is 38.7 Å². The Hall–Kier alpha value is -1.22. The molecule has 1 aromatic rings. The molecule has 0 aliphatic carbocycles. The number of benzene rings is 1. The molecule has 1 aliphatic rings. The lowest BCUT2D eigenvalue weighted by molar-refractivity contribution is 0.167. The van der Waals surface area contributed by atoms with E-state index in [4.69, 9.17) is 9.47 Å². The molecule has 0 amide bonds. The van der Waals surface area contributed by atoms with Gasteiger partial charge in [-0.25, -0.2) is 0 Å². The van der Waals surface area contributed by atoms with Crippen molar-refractivity contribution in [2.24, 2.45) is 0 Å². The van der Waals surface area contributed by atoms with Crippen molar-refractivity contribution < 1.29 is 14.6 Å². The van der Waals surface area contributed by atoms with E-state index in [2.05, 4.69) is 0 Å². The maximum atomic E-state index is 9.83. The van der Waals surface area contributed by atoms with Crippen molar-refractivity contribution >= 4 is 0 Å². The molecule has 2 rings (SSSR count). The van der Waals surface area contributed by atoms with E-state index < -0.39 is 6.10 Å². The molecule has 1 N–H and O–H groups in total. The second kappa shape index (κ2) is 3.88. The minimum absolute atomic E-state index is 0.428. The first-order chi connectivity index (χ1) is 6.81. The van der Waals surface area contributed by atoms with Gasteiger partial charge in [-0.3, -0.25) is 0 Å². The van der Waals surface area contributed by atoms with Crippen molar-refractivity contribution in [1.29, 1.82) is 0 Å². The van der Waals surface area contributed by atoms with E-state index in [1.165, 1.54) is 0 Å². The van der Waals surface area contributed by atoms with Crippen LogP contribution in [0.25, 0.3) is 0 Å². The molecule has 1 aliphatic heterocycles. The Balaban J connectivity index is 2.39. The van der Waals surface area contributed by atoms with Gasteiger partial charge >= 0.3 is 0 Å². The van der Waals surface area contributed by atoms with Crippen molar-refractivity contribution in [1.82, 2.24) is 0 Å². The molecule has 0 saturated carbocycles. The molecule has 3 heteroatoms. The largest absolute Gasteiger partial charge is 0.497 e. The number of aliphatic hydroxyl groups excluding tert-OH is 1. The Morgan fingerprint density at radius 1 is 1.50 bits per heavy atom. The van der Waals surface area contributed by atoms with Crippen molar-refractivity contribution in [2.45, 2.75) is 18.9 Å². The van der Waals surface area contributed by atoms with Gasteiger partial charge in [0.25, 0.3) is 0 Å². The fraction of sp³-hybridized carbons (Fsp3) is 0.455. The Morgan fingerprint density at radius 2 is 2.36 bits per heavy atom. The zero-order valence-electron chi connectivity index (χ0n) is 8.19. The first kappa shape index (κ1) is 9.34. The second-order valence-corrected chi connectivity index (χ2v) is 3.41. The molecular weight excluding hydrogens is 180 g/mol. The standard InChI is InChI=1S/C11H14O3/c1-13-8-4-5-11-9(7-8)10(12)3-2-6-14-11/h4-5,7,10,12H,2-3,6H2,1H3/t10-/m0/s1. The van der Waals surface area contributed by atoms with Gasteiger partial charge in [0.15, 0.2) is 0 Å². The summed E-state index contributed by atoms with van der Waals surface area (Å²) in [6.45, 7) is 0.677. The van der Waals surface area contributed by atoms with Gasteiger partial charge in [-0.1, -0.05) is 0 Å². The first-order valence-electron chi connectivity index (χ1n) is 4.80. The smallest absolute Gasteiger partial charge is 0.125 e. The SMILES string of the molecule is COc1ccc2c(c1)[C@@H](O)CCCO2. The molecule has 1 heterocycles. The Kier molecular flexibility index (Phi) is 2.59. The Bertz CT molecular complexity index is 322. The minimum atomic E-state index is -0.428. The summed E-state index contributed by atoms with van der Waals surface area (Å²) in [5, 5.41) is 9.83. The lowest BCUT2D eigenvalue weighted by Crippen LogP contribution is -1.97. The molecule has 0 saturated heterocycles. The van der Waals surface area contributed by atoms with Crippen LogP contribution < -0.4 is 9.47 Å². The number of ether oxygens (including phenoxy) is 2. The summed E-state index contributed by atoms with van der Waals surface area (Å²) >= 11 is 0. The van der Waals surface area contributed by atoms with Crippen molar-refractivity contribution in [3.8, 4) is 11.5 Å². The fourth-order valence-corrected chi connectivity index (χ4v) is 1.66. The van der Waals surface area contributed by atoms with Gasteiger partial charge in [-0.2, -0.15) is 0 Å². The summed E-state index contributed by atoms with van der Waals surface area (Å²) in [5.41, 5.74) is 0.835. The zero-order valence-corrected chi connectivity index (χ0v) is 8.19. The number of hydrogen-bond donors (Lipinski definition) is 1. The highest BCUT2D eigenvalue weighted by Crippen LogP contribution is 2.33. The summed E-state index contributed by atoms with van der Waals surface area (Å²) < 4.78 is 10.6. The summed E-state index contributed by atoms with van der Waals surface area (Å²) in [6.07, 6.45) is 1.21. The summed E-state index contributed by atoms with van der Waals surface area (Å²) in [5.74, 6) is 1.53. The predicted molar refractivity (Wildman–Crippen MR) is 52.7 cm³/mol. The van der Waals surface area contributed by atoms with Gasteiger partial charge < -0.3 is 14.6 Å². The van der Waals surface area contributed by atoms with Gasteiger partial charge in [0.1, 0.15) is 11.5 Å². The number of hydrogen-bond acceptors (Lipinski definition) is 3. The van der Waals surface area contributed by atoms with Crippen LogP contribution in [-0.4, -0.2) is 18.8 Å². The van der Waals surface area contributed by atoms with Crippen LogP contribution >= 0.6 is 0 Å². The molecule has 1 aromatic carbocycles.